The third-order valence-corrected chi connectivity index (χ3v) is 5.63. The molecule has 11 heteroatoms. The van der Waals surface area contributed by atoms with E-state index in [0.717, 1.165) is 29.0 Å². The van der Waals surface area contributed by atoms with Gasteiger partial charge in [-0.15, -0.1) is 0 Å². The van der Waals surface area contributed by atoms with E-state index in [-0.39, 0.29) is 0 Å². The molecule has 0 aliphatic carbocycles. The average molecular weight is 432 g/mol. The first-order valence-corrected chi connectivity index (χ1v) is 11.3. The third-order valence-electron chi connectivity index (χ3n) is 3.56. The molecule has 1 unspecified atom stereocenters. The highest BCUT2D eigenvalue weighted by atomic mass is 31.3. The Morgan fingerprint density at radius 1 is 1.11 bits per heavy atom. The van der Waals surface area contributed by atoms with E-state index >= 15 is 0 Å². The molecule has 0 spiro atoms. The minimum Gasteiger partial charge on any atom is -0.790 e. The van der Waals surface area contributed by atoms with Crippen molar-refractivity contribution in [3.63, 3.8) is 0 Å². The first-order chi connectivity index (χ1) is 13.0. The van der Waals surface area contributed by atoms with Crippen LogP contribution < -0.4 is 24.7 Å². The number of para-hydroxylation sites is 2. The number of methoxy groups -OCH3 is 1. The quantitative estimate of drug-likeness (QED) is 0.388. The second-order valence-electron chi connectivity index (χ2n) is 5.97. The zero-order valence-electron chi connectivity index (χ0n) is 16.0. The van der Waals surface area contributed by atoms with Gasteiger partial charge in [0.25, 0.3) is 7.82 Å². The van der Waals surface area contributed by atoms with E-state index in [2.05, 4.69) is 14.2 Å². The van der Waals surface area contributed by atoms with Gasteiger partial charge in [0.1, 0.15) is 5.75 Å². The van der Waals surface area contributed by atoms with Crippen LogP contribution in [0.3, 0.4) is 0 Å². The summed E-state index contributed by atoms with van der Waals surface area (Å²) < 4.78 is 34.4. The lowest BCUT2D eigenvalue weighted by Crippen LogP contribution is -2.19. The highest BCUT2D eigenvalue weighted by Gasteiger charge is 2.10. The summed E-state index contributed by atoms with van der Waals surface area (Å²) in [5.74, 6) is 0.763. The number of anilines is 1. The van der Waals surface area contributed by atoms with Gasteiger partial charge in [0.2, 0.25) is 0 Å². The molecule has 1 N–H and O–H groups in total. The lowest BCUT2D eigenvalue weighted by atomic mass is 10.1. The Bertz CT molecular complexity index is 787. The first kappa shape index (κ1) is 24.6. The fraction of sp³-hybridized carbons (Fsp3) is 0.412. The summed E-state index contributed by atoms with van der Waals surface area (Å²) in [6.45, 7) is 4.00. The number of hydrogen-bond acceptors (Lipinski definition) is 9. The summed E-state index contributed by atoms with van der Waals surface area (Å²) in [6.07, 6.45) is 4.91. The minimum absolute atomic E-state index is 0.412. The average Bonchev–Trinajstić information content (AvgIpc) is 2.57. The molecule has 1 aromatic carbocycles. The van der Waals surface area contributed by atoms with Gasteiger partial charge in [-0.05, 0) is 38.8 Å². The maximum Gasteiger partial charge on any atom is 0.272 e. The van der Waals surface area contributed by atoms with Crippen LogP contribution >= 0.6 is 15.6 Å². The van der Waals surface area contributed by atoms with Crippen molar-refractivity contribution < 1.29 is 37.4 Å². The number of ether oxygens (including phenoxy) is 1. The van der Waals surface area contributed by atoms with Crippen LogP contribution in [-0.4, -0.2) is 20.3 Å². The van der Waals surface area contributed by atoms with Gasteiger partial charge in [-0.1, -0.05) is 35.4 Å². The van der Waals surface area contributed by atoms with E-state index in [0.29, 0.717) is 13.0 Å². The third kappa shape index (κ3) is 10.8. The molecule has 1 rings (SSSR count). The Morgan fingerprint density at radius 2 is 1.79 bits per heavy atom. The number of nitrogens with one attached hydrogen (secondary N) is 1. The fourth-order valence-electron chi connectivity index (χ4n) is 2.16. The van der Waals surface area contributed by atoms with Crippen molar-refractivity contribution in [1.29, 1.82) is 0 Å². The van der Waals surface area contributed by atoms with E-state index in [1.165, 1.54) is 6.08 Å². The lowest BCUT2D eigenvalue weighted by molar-refractivity contribution is -0.339. The molecule has 1 aromatic rings. The molecular weight excluding hydrogens is 408 g/mol. The molecule has 0 radical (unpaired) electrons. The van der Waals surface area contributed by atoms with E-state index in [1.54, 1.807) is 14.0 Å². The molecule has 28 heavy (non-hydrogen) atoms. The predicted molar refractivity (Wildman–Crippen MR) is 100 cm³/mol. The lowest BCUT2D eigenvalue weighted by Gasteiger charge is -2.34. The maximum absolute atomic E-state index is 11.1. The van der Waals surface area contributed by atoms with Crippen LogP contribution in [0.25, 0.3) is 0 Å². The molecule has 1 atom stereocenters. The zero-order chi connectivity index (χ0) is 21.2. The second kappa shape index (κ2) is 11.5. The Hall–Kier alpha value is -1.44. The predicted octanol–water partition coefficient (Wildman–Crippen LogP) is 2.11. The van der Waals surface area contributed by atoms with Gasteiger partial charge in [-0.25, -0.2) is 0 Å². The van der Waals surface area contributed by atoms with Crippen LogP contribution in [0.5, 0.6) is 5.75 Å². The first-order valence-electron chi connectivity index (χ1n) is 8.39. The zero-order valence-corrected chi connectivity index (χ0v) is 17.7. The molecule has 0 bridgehead atoms. The molecule has 0 saturated carbocycles. The van der Waals surface area contributed by atoms with Gasteiger partial charge < -0.3 is 33.8 Å². The smallest absolute Gasteiger partial charge is 0.272 e. The van der Waals surface area contributed by atoms with Crippen molar-refractivity contribution in [3.8, 4) is 5.75 Å². The normalized spacial score (nSPS) is 15.2. The van der Waals surface area contributed by atoms with E-state index in [4.69, 9.17) is 4.74 Å². The van der Waals surface area contributed by atoms with Gasteiger partial charge in [0, 0.05) is 6.54 Å². The van der Waals surface area contributed by atoms with Crippen LogP contribution in [0.15, 0.2) is 47.6 Å². The topological polar surface area (TPSA) is 143 Å². The highest BCUT2D eigenvalue weighted by molar-refractivity contribution is 7.58. The Morgan fingerprint density at radius 3 is 2.43 bits per heavy atom. The Balaban J connectivity index is 2.39. The van der Waals surface area contributed by atoms with Gasteiger partial charge in [0.15, 0.2) is 0 Å². The molecule has 0 aliphatic heterocycles. The number of hydrogen-bond donors (Lipinski definition) is 1. The van der Waals surface area contributed by atoms with Crippen molar-refractivity contribution in [2.24, 2.45) is 0 Å². The minimum atomic E-state index is -5.66. The molecule has 0 aromatic heterocycles. The number of allylic oxidation sites excluding steroid dienone is 2. The molecule has 0 heterocycles. The maximum atomic E-state index is 11.1. The summed E-state index contributed by atoms with van der Waals surface area (Å²) in [4.78, 5) is 31.7. The van der Waals surface area contributed by atoms with Crippen molar-refractivity contribution in [3.05, 3.63) is 47.6 Å². The number of phosphoric acid groups is 2. The van der Waals surface area contributed by atoms with E-state index in [9.17, 15) is 23.8 Å². The summed E-state index contributed by atoms with van der Waals surface area (Å²) in [6, 6.07) is 7.61. The van der Waals surface area contributed by atoms with Crippen LogP contribution in [0.4, 0.5) is 5.69 Å². The SMILES string of the molecule is COc1ccccc1NC/C(C)=C/CC/C(C)=C/COP(=O)([O-])OP(=O)([O-])[O-]. The van der Waals surface area contributed by atoms with Gasteiger partial charge in [0.05, 0.1) is 27.2 Å². The van der Waals surface area contributed by atoms with Crippen LogP contribution in [0.1, 0.15) is 26.7 Å². The van der Waals surface area contributed by atoms with Crippen molar-refractivity contribution in [1.82, 2.24) is 0 Å². The highest BCUT2D eigenvalue weighted by Crippen LogP contribution is 2.50. The molecular formula is C17H24NO8P2-3. The molecule has 0 fully saturated rings. The van der Waals surface area contributed by atoms with Gasteiger partial charge >= 0.3 is 0 Å². The van der Waals surface area contributed by atoms with Crippen molar-refractivity contribution >= 4 is 21.3 Å². The van der Waals surface area contributed by atoms with Crippen molar-refractivity contribution in [2.45, 2.75) is 26.7 Å². The van der Waals surface area contributed by atoms with E-state index < -0.39 is 22.3 Å². The summed E-state index contributed by atoms with van der Waals surface area (Å²) in [5.41, 5.74) is 2.86. The number of rotatable bonds is 12. The summed E-state index contributed by atoms with van der Waals surface area (Å²) in [5, 5.41) is 3.29. The Labute approximate surface area is 164 Å². The monoisotopic (exact) mass is 432 g/mol. The number of benzene rings is 1. The van der Waals surface area contributed by atoms with Gasteiger partial charge in [-0.3, -0.25) is 8.88 Å². The van der Waals surface area contributed by atoms with Crippen molar-refractivity contribution in [2.75, 3.05) is 25.6 Å². The molecule has 0 aliphatic rings. The standard InChI is InChI=1S/C17H27NO8P2/c1-14(11-12-25-28(22,23)26-27(19,20)21)7-6-8-15(2)13-18-16-9-4-5-10-17(16)24-3/h4-5,8-11,18H,6-7,12-13H2,1-3H3,(H,22,23)(H2,19,20,21)/p-3/b14-11+,15-8+. The van der Waals surface area contributed by atoms with Crippen LogP contribution in [0, 0.1) is 0 Å². The molecule has 9 nitrogen and oxygen atoms in total. The summed E-state index contributed by atoms with van der Waals surface area (Å²) >= 11 is 0. The largest absolute Gasteiger partial charge is 0.790 e. The van der Waals surface area contributed by atoms with Crippen LogP contribution in [0.2, 0.25) is 0 Å². The summed E-state index contributed by atoms with van der Waals surface area (Å²) in [7, 11) is -9.22. The van der Waals surface area contributed by atoms with Crippen LogP contribution in [-0.2, 0) is 18.0 Å². The van der Waals surface area contributed by atoms with E-state index in [1.807, 2.05) is 37.3 Å². The second-order valence-corrected chi connectivity index (χ2v) is 8.67. The number of phosphoric ester groups is 1. The fourth-order valence-corrected chi connectivity index (χ4v) is 3.59. The molecule has 0 saturated heterocycles. The van der Waals surface area contributed by atoms with Gasteiger partial charge in [-0.2, -0.15) is 0 Å². The molecule has 158 valence electrons. The Kier molecular flexibility index (Phi) is 10.1. The molecule has 0 amide bonds.